The highest BCUT2D eigenvalue weighted by molar-refractivity contribution is 8.00. The molecule has 2 aromatic heterocycles. The summed E-state index contributed by atoms with van der Waals surface area (Å²) in [6.07, 6.45) is 1.78. The van der Waals surface area contributed by atoms with Gasteiger partial charge in [-0.1, -0.05) is 42.1 Å². The van der Waals surface area contributed by atoms with Crippen molar-refractivity contribution in [2.24, 2.45) is 0 Å². The fraction of sp³-hybridized carbons (Fsp3) is 0.231. The first-order chi connectivity index (χ1) is 16.4. The smallest absolute Gasteiger partial charge is 0.262 e. The topological polar surface area (TPSA) is 76.9 Å². The van der Waals surface area contributed by atoms with Gasteiger partial charge < -0.3 is 5.32 Å². The molecule has 174 valence electrons. The third-order valence-electron chi connectivity index (χ3n) is 5.16. The summed E-state index contributed by atoms with van der Waals surface area (Å²) in [4.78, 5) is 35.0. The van der Waals surface area contributed by atoms with Crippen LogP contribution in [0.15, 0.2) is 87.9 Å². The van der Waals surface area contributed by atoms with Crippen molar-refractivity contribution >= 4 is 46.0 Å². The molecule has 0 aliphatic carbocycles. The Kier molecular flexibility index (Phi) is 7.70. The average molecular weight is 491 g/mol. The number of nitrogens with one attached hydrogen (secondary N) is 1. The van der Waals surface area contributed by atoms with Crippen LogP contribution >= 0.6 is 23.5 Å². The Hall–Kier alpha value is -3.10. The molecule has 0 aliphatic heterocycles. The number of nitrogens with zero attached hydrogens (tertiary/aromatic N) is 3. The Labute approximate surface area is 207 Å². The maximum atomic E-state index is 13.0. The molecule has 34 heavy (non-hydrogen) atoms. The van der Waals surface area contributed by atoms with Gasteiger partial charge in [-0.15, -0.1) is 11.8 Å². The molecule has 0 saturated heterocycles. The number of pyridine rings is 1. The molecule has 8 heteroatoms. The normalized spacial score (nSPS) is 12.1. The Morgan fingerprint density at radius 3 is 2.59 bits per heavy atom. The number of anilines is 1. The number of carbonyl (C=O) groups is 1. The monoisotopic (exact) mass is 490 g/mol. The number of fused-ring (bicyclic) bond motifs is 1. The molecule has 0 bridgehead atoms. The van der Waals surface area contributed by atoms with Gasteiger partial charge in [0.2, 0.25) is 5.91 Å². The van der Waals surface area contributed by atoms with Gasteiger partial charge in [0.15, 0.2) is 5.16 Å². The highest BCUT2D eigenvalue weighted by atomic mass is 32.2. The molecule has 0 radical (unpaired) electrons. The number of thioether (sulfide) groups is 2. The lowest BCUT2D eigenvalue weighted by Gasteiger charge is -2.18. The molecule has 1 N–H and O–H groups in total. The zero-order valence-corrected chi connectivity index (χ0v) is 20.9. The van der Waals surface area contributed by atoms with Gasteiger partial charge in [0.05, 0.1) is 21.2 Å². The maximum absolute atomic E-state index is 13.0. The maximum Gasteiger partial charge on any atom is 0.262 e. The second-order valence-corrected chi connectivity index (χ2v) is 10.4. The van der Waals surface area contributed by atoms with Crippen molar-refractivity contribution in [1.29, 1.82) is 0 Å². The lowest BCUT2D eigenvalue weighted by molar-refractivity contribution is -0.115. The van der Waals surface area contributed by atoms with E-state index in [0.29, 0.717) is 16.1 Å². The lowest BCUT2D eigenvalue weighted by Crippen LogP contribution is -2.28. The minimum atomic E-state index is -0.440. The van der Waals surface area contributed by atoms with Crippen molar-refractivity contribution in [1.82, 2.24) is 14.5 Å². The molecule has 0 spiro atoms. The predicted molar refractivity (Wildman–Crippen MR) is 141 cm³/mol. The van der Waals surface area contributed by atoms with Crippen molar-refractivity contribution in [3.8, 4) is 0 Å². The van der Waals surface area contributed by atoms with Crippen molar-refractivity contribution in [2.45, 2.75) is 48.0 Å². The van der Waals surface area contributed by atoms with Gasteiger partial charge in [-0.2, -0.15) is 0 Å². The van der Waals surface area contributed by atoms with E-state index >= 15 is 0 Å². The van der Waals surface area contributed by atoms with Gasteiger partial charge in [-0.25, -0.2) is 9.97 Å². The molecule has 2 aromatic carbocycles. The van der Waals surface area contributed by atoms with Crippen LogP contribution in [0.25, 0.3) is 10.9 Å². The average Bonchev–Trinajstić information content (AvgIpc) is 2.83. The largest absolute Gasteiger partial charge is 0.325 e. The van der Waals surface area contributed by atoms with Crippen LogP contribution in [0, 0.1) is 0 Å². The standard InChI is InChI=1S/C26H26N4O2S2/c1-17(2)30-25(32)21-11-4-5-12-22(21)29-26(30)34-18(3)24(31)28-20-10-8-9-19(15-20)16-33-23-13-6-7-14-27-23/h4-15,17-18H,16H2,1-3H3,(H,28,31). The van der Waals surface area contributed by atoms with Crippen LogP contribution in [0.4, 0.5) is 5.69 Å². The first kappa shape index (κ1) is 24.0. The van der Waals surface area contributed by atoms with Crippen LogP contribution in [0.3, 0.4) is 0 Å². The highest BCUT2D eigenvalue weighted by Crippen LogP contribution is 2.26. The summed E-state index contributed by atoms with van der Waals surface area (Å²) in [5.74, 6) is 0.615. The number of benzene rings is 2. The molecule has 2 heterocycles. The van der Waals surface area contributed by atoms with E-state index in [1.165, 1.54) is 11.8 Å². The minimum Gasteiger partial charge on any atom is -0.325 e. The summed E-state index contributed by atoms with van der Waals surface area (Å²) in [6.45, 7) is 5.72. The molecule has 1 unspecified atom stereocenters. The van der Waals surface area contributed by atoms with Gasteiger partial charge in [0.25, 0.3) is 5.56 Å². The quantitative estimate of drug-likeness (QED) is 0.249. The van der Waals surface area contributed by atoms with Crippen molar-refractivity contribution < 1.29 is 4.79 Å². The molecule has 4 aromatic rings. The number of hydrogen-bond donors (Lipinski definition) is 1. The zero-order valence-electron chi connectivity index (χ0n) is 19.3. The number of aromatic nitrogens is 3. The van der Waals surface area contributed by atoms with Crippen LogP contribution in [0.2, 0.25) is 0 Å². The van der Waals surface area contributed by atoms with Gasteiger partial charge >= 0.3 is 0 Å². The zero-order chi connectivity index (χ0) is 24.1. The lowest BCUT2D eigenvalue weighted by atomic mass is 10.2. The molecule has 0 aliphatic rings. The number of para-hydroxylation sites is 1. The van der Waals surface area contributed by atoms with Gasteiger partial charge in [-0.3, -0.25) is 14.2 Å². The van der Waals surface area contributed by atoms with Crippen LogP contribution in [-0.4, -0.2) is 25.7 Å². The Morgan fingerprint density at radius 1 is 1.03 bits per heavy atom. The molecular weight excluding hydrogens is 464 g/mol. The van der Waals surface area contributed by atoms with E-state index in [9.17, 15) is 9.59 Å². The summed E-state index contributed by atoms with van der Waals surface area (Å²) >= 11 is 2.94. The van der Waals surface area contributed by atoms with Gasteiger partial charge in [-0.05, 0) is 62.7 Å². The minimum absolute atomic E-state index is 0.0735. The van der Waals surface area contributed by atoms with Crippen LogP contribution < -0.4 is 10.9 Å². The predicted octanol–water partition coefficient (Wildman–Crippen LogP) is 5.78. The SMILES string of the molecule is CC(Sc1nc2ccccc2c(=O)n1C(C)C)C(=O)Nc1cccc(CSc2ccccn2)c1. The van der Waals surface area contributed by atoms with Crippen LogP contribution in [-0.2, 0) is 10.5 Å². The summed E-state index contributed by atoms with van der Waals surface area (Å²) in [6, 6.07) is 20.9. The van der Waals surface area contributed by atoms with E-state index < -0.39 is 5.25 Å². The molecular formula is C26H26N4O2S2. The molecule has 4 rings (SSSR count). The number of hydrogen-bond acceptors (Lipinski definition) is 6. The summed E-state index contributed by atoms with van der Waals surface area (Å²) in [5.41, 5.74) is 2.38. The first-order valence-electron chi connectivity index (χ1n) is 11.0. The van der Waals surface area contributed by atoms with Crippen molar-refractivity contribution in [3.63, 3.8) is 0 Å². The number of rotatable bonds is 8. The highest BCUT2D eigenvalue weighted by Gasteiger charge is 2.21. The first-order valence-corrected chi connectivity index (χ1v) is 12.9. The van der Waals surface area contributed by atoms with E-state index in [-0.39, 0.29) is 17.5 Å². The third kappa shape index (κ3) is 5.69. The molecule has 6 nitrogen and oxygen atoms in total. The molecule has 0 fully saturated rings. The van der Waals surface area contributed by atoms with E-state index in [1.807, 2.05) is 81.4 Å². The van der Waals surface area contributed by atoms with Crippen LogP contribution in [0.5, 0.6) is 0 Å². The fourth-order valence-electron chi connectivity index (χ4n) is 3.45. The van der Waals surface area contributed by atoms with Crippen LogP contribution in [0.1, 0.15) is 32.4 Å². The summed E-state index contributed by atoms with van der Waals surface area (Å²) in [7, 11) is 0. The summed E-state index contributed by atoms with van der Waals surface area (Å²) in [5, 5.41) is 4.65. The Balaban J connectivity index is 1.47. The molecule has 0 saturated carbocycles. The Bertz CT molecular complexity index is 1360. The molecule has 1 atom stereocenters. The van der Waals surface area contributed by atoms with E-state index in [0.717, 1.165) is 22.0 Å². The third-order valence-corrected chi connectivity index (χ3v) is 7.24. The fourth-order valence-corrected chi connectivity index (χ4v) is 5.29. The number of carbonyl (C=O) groups excluding carboxylic acids is 1. The Morgan fingerprint density at radius 2 is 1.82 bits per heavy atom. The van der Waals surface area contributed by atoms with E-state index in [2.05, 4.69) is 10.3 Å². The summed E-state index contributed by atoms with van der Waals surface area (Å²) < 4.78 is 1.66. The number of amides is 1. The second kappa shape index (κ2) is 10.9. The second-order valence-electron chi connectivity index (χ2n) is 8.09. The van der Waals surface area contributed by atoms with Crippen molar-refractivity contribution in [2.75, 3.05) is 5.32 Å². The molecule has 1 amide bonds. The van der Waals surface area contributed by atoms with Gasteiger partial charge in [0, 0.05) is 23.7 Å². The van der Waals surface area contributed by atoms with E-state index in [1.54, 1.807) is 28.6 Å². The van der Waals surface area contributed by atoms with E-state index in [4.69, 9.17) is 4.98 Å². The van der Waals surface area contributed by atoms with Crippen molar-refractivity contribution in [3.05, 3.63) is 88.8 Å². The van der Waals surface area contributed by atoms with Gasteiger partial charge in [0.1, 0.15) is 0 Å².